The Balaban J connectivity index is 1.07. The number of fused-ring (bicyclic) bond motifs is 1. The fourth-order valence-electron chi connectivity index (χ4n) is 3.83. The number of carbonyl (C=O) groups excluding carboxylic acids is 1. The number of ether oxygens (including phenoxy) is 2. The molecule has 1 N–H and O–H groups in total. The minimum absolute atomic E-state index is 0.190. The van der Waals surface area contributed by atoms with Gasteiger partial charge in [-0.2, -0.15) is 5.10 Å². The molecule has 7 nitrogen and oxygen atoms in total. The monoisotopic (exact) mass is 586 g/mol. The van der Waals surface area contributed by atoms with Gasteiger partial charge in [0.15, 0.2) is 20.2 Å². The fraction of sp³-hybridized carbons (Fsp3) is 0.133. The molecule has 0 aliphatic heterocycles. The Labute approximate surface area is 245 Å². The molecule has 0 spiro atoms. The molecule has 0 aliphatic carbocycles. The molecule has 1 aromatic heterocycles. The van der Waals surface area contributed by atoms with Gasteiger partial charge in [0.05, 0.1) is 19.1 Å². The van der Waals surface area contributed by atoms with Crippen molar-refractivity contribution in [3.05, 3.63) is 108 Å². The van der Waals surface area contributed by atoms with E-state index >= 15 is 0 Å². The number of thioether (sulfide) groups is 2. The van der Waals surface area contributed by atoms with Gasteiger partial charge >= 0.3 is 0 Å². The van der Waals surface area contributed by atoms with Crippen LogP contribution in [-0.2, 0) is 17.2 Å². The maximum atomic E-state index is 12.3. The second kappa shape index (κ2) is 14.0. The summed E-state index contributed by atoms with van der Waals surface area (Å²) < 4.78 is 13.0. The van der Waals surface area contributed by atoms with Crippen LogP contribution in [0.5, 0.6) is 11.5 Å². The van der Waals surface area contributed by atoms with E-state index in [9.17, 15) is 4.79 Å². The highest BCUT2D eigenvalue weighted by Crippen LogP contribution is 2.32. The van der Waals surface area contributed by atoms with Crippen LogP contribution in [0.3, 0.4) is 0 Å². The van der Waals surface area contributed by atoms with Crippen LogP contribution >= 0.6 is 34.9 Å². The van der Waals surface area contributed by atoms with Crippen molar-refractivity contribution in [2.45, 2.75) is 21.0 Å². The lowest BCUT2D eigenvalue weighted by Gasteiger charge is -2.11. The summed E-state index contributed by atoms with van der Waals surface area (Å²) in [5.74, 6) is 2.00. The third-order valence-corrected chi connectivity index (χ3v) is 9.01. The molecule has 0 bridgehead atoms. The van der Waals surface area contributed by atoms with E-state index < -0.39 is 0 Å². The van der Waals surface area contributed by atoms with Crippen molar-refractivity contribution in [1.29, 1.82) is 0 Å². The van der Waals surface area contributed by atoms with Gasteiger partial charge in [-0.3, -0.25) is 4.79 Å². The van der Waals surface area contributed by atoms with Gasteiger partial charge in [-0.05, 0) is 45.7 Å². The summed E-state index contributed by atoms with van der Waals surface area (Å²) in [6.45, 7) is 0.442. The Kier molecular flexibility index (Phi) is 9.68. The van der Waals surface area contributed by atoms with E-state index in [0.29, 0.717) is 18.1 Å². The average Bonchev–Trinajstić information content (AvgIpc) is 3.46. The van der Waals surface area contributed by atoms with Crippen LogP contribution in [0.4, 0.5) is 0 Å². The van der Waals surface area contributed by atoms with Crippen LogP contribution in [0, 0.1) is 0 Å². The van der Waals surface area contributed by atoms with Crippen molar-refractivity contribution < 1.29 is 14.3 Å². The van der Waals surface area contributed by atoms with E-state index in [1.165, 1.54) is 39.4 Å². The maximum absolute atomic E-state index is 12.3. The SMILES string of the molecule is COc1cc(/C=N\NC(=O)CSc2nnc(SCc3cccc4ccccc34)s2)ccc1OCc1ccccc1. The first-order valence-corrected chi connectivity index (χ1v) is 15.2. The van der Waals surface area contributed by atoms with Crippen molar-refractivity contribution in [2.24, 2.45) is 5.10 Å². The third-order valence-electron chi connectivity index (χ3n) is 5.77. The highest BCUT2D eigenvalue weighted by molar-refractivity contribution is 8.03. The zero-order chi connectivity index (χ0) is 27.6. The summed E-state index contributed by atoms with van der Waals surface area (Å²) in [7, 11) is 1.59. The highest BCUT2D eigenvalue weighted by atomic mass is 32.2. The van der Waals surface area contributed by atoms with Crippen molar-refractivity contribution >= 4 is 57.8 Å². The summed E-state index contributed by atoms with van der Waals surface area (Å²) >= 11 is 4.48. The highest BCUT2D eigenvalue weighted by Gasteiger charge is 2.10. The molecule has 0 radical (unpaired) electrons. The molecule has 10 heteroatoms. The molecule has 0 atom stereocenters. The van der Waals surface area contributed by atoms with E-state index in [4.69, 9.17) is 9.47 Å². The summed E-state index contributed by atoms with van der Waals surface area (Å²) in [5.41, 5.74) is 5.66. The molecule has 1 amide bonds. The Morgan fingerprint density at radius 1 is 0.925 bits per heavy atom. The number of nitrogens with one attached hydrogen (secondary N) is 1. The number of amides is 1. The van der Waals surface area contributed by atoms with Crippen molar-refractivity contribution in [3.63, 3.8) is 0 Å². The first kappa shape index (κ1) is 27.7. The molecule has 0 saturated carbocycles. The van der Waals surface area contributed by atoms with Crippen LogP contribution in [0.15, 0.2) is 105 Å². The van der Waals surface area contributed by atoms with E-state index in [2.05, 4.69) is 57.1 Å². The molecule has 40 heavy (non-hydrogen) atoms. The number of methoxy groups -OCH3 is 1. The molecule has 0 saturated heterocycles. The van der Waals surface area contributed by atoms with Gasteiger partial charge in [-0.1, -0.05) is 108 Å². The smallest absolute Gasteiger partial charge is 0.250 e. The van der Waals surface area contributed by atoms with E-state index in [-0.39, 0.29) is 11.7 Å². The number of hydrazone groups is 1. The van der Waals surface area contributed by atoms with Crippen LogP contribution in [0.1, 0.15) is 16.7 Å². The molecule has 1 heterocycles. The molecule has 5 aromatic rings. The summed E-state index contributed by atoms with van der Waals surface area (Å²) in [4.78, 5) is 12.3. The minimum atomic E-state index is -0.226. The third kappa shape index (κ3) is 7.62. The molecule has 0 aliphatic rings. The number of benzene rings is 4. The Morgan fingerprint density at radius 3 is 2.55 bits per heavy atom. The first-order chi connectivity index (χ1) is 19.7. The molecule has 0 fully saturated rings. The second-order valence-corrected chi connectivity index (χ2v) is 11.9. The molecule has 202 valence electrons. The predicted molar refractivity (Wildman–Crippen MR) is 164 cm³/mol. The van der Waals surface area contributed by atoms with Gasteiger partial charge in [0.1, 0.15) is 6.61 Å². The number of nitrogens with zero attached hydrogens (tertiary/aromatic N) is 3. The van der Waals surface area contributed by atoms with Gasteiger partial charge in [0.2, 0.25) is 0 Å². The number of hydrogen-bond acceptors (Lipinski definition) is 9. The first-order valence-electron chi connectivity index (χ1n) is 12.4. The molecule has 0 unspecified atom stereocenters. The van der Waals surface area contributed by atoms with Gasteiger partial charge in [0.25, 0.3) is 5.91 Å². The van der Waals surface area contributed by atoms with Crippen molar-refractivity contribution in [2.75, 3.05) is 12.9 Å². The predicted octanol–water partition coefficient (Wildman–Crippen LogP) is 6.81. The van der Waals surface area contributed by atoms with Gasteiger partial charge in [-0.25, -0.2) is 5.43 Å². The molecular weight excluding hydrogens is 561 g/mol. The maximum Gasteiger partial charge on any atom is 0.250 e. The summed E-state index contributed by atoms with van der Waals surface area (Å²) in [5, 5.41) is 15.0. The Hall–Kier alpha value is -3.86. The molecule has 4 aromatic carbocycles. The van der Waals surface area contributed by atoms with Gasteiger partial charge in [0, 0.05) is 5.75 Å². The topological polar surface area (TPSA) is 85.7 Å². The van der Waals surface area contributed by atoms with Gasteiger partial charge < -0.3 is 9.47 Å². The lowest BCUT2D eigenvalue weighted by atomic mass is 10.1. The van der Waals surface area contributed by atoms with Crippen molar-refractivity contribution in [1.82, 2.24) is 15.6 Å². The van der Waals surface area contributed by atoms with Crippen molar-refractivity contribution in [3.8, 4) is 11.5 Å². The summed E-state index contributed by atoms with van der Waals surface area (Å²) in [6, 6.07) is 30.1. The largest absolute Gasteiger partial charge is 0.493 e. The average molecular weight is 587 g/mol. The Bertz CT molecular complexity index is 1600. The van der Waals surface area contributed by atoms with E-state index in [1.54, 1.807) is 25.1 Å². The lowest BCUT2D eigenvalue weighted by molar-refractivity contribution is -0.118. The second-order valence-electron chi connectivity index (χ2n) is 8.53. The normalized spacial score (nSPS) is 11.1. The number of rotatable bonds is 12. The van der Waals surface area contributed by atoms with E-state index in [1.807, 2.05) is 54.6 Å². The molecule has 5 rings (SSSR count). The number of aromatic nitrogens is 2. The van der Waals surface area contributed by atoms with Crippen LogP contribution in [-0.4, -0.2) is 35.2 Å². The van der Waals surface area contributed by atoms with Crippen LogP contribution < -0.4 is 14.9 Å². The van der Waals surface area contributed by atoms with E-state index in [0.717, 1.165) is 25.6 Å². The number of hydrogen-bond donors (Lipinski definition) is 1. The van der Waals surface area contributed by atoms with Crippen LogP contribution in [0.25, 0.3) is 10.8 Å². The standard InChI is InChI=1S/C30H26N4O3S3/c1-36-27-16-22(14-15-26(27)37-18-21-8-3-2-4-9-21)17-31-32-28(35)20-39-30-34-33-29(40-30)38-19-24-12-7-11-23-10-5-6-13-25(23)24/h2-17H,18-20H2,1H3,(H,32,35)/b31-17-. The zero-order valence-corrected chi connectivity index (χ0v) is 24.1. The summed E-state index contributed by atoms with van der Waals surface area (Å²) in [6.07, 6.45) is 1.57. The zero-order valence-electron chi connectivity index (χ0n) is 21.7. The van der Waals surface area contributed by atoms with Gasteiger partial charge in [-0.15, -0.1) is 10.2 Å². The quantitative estimate of drug-likeness (QED) is 0.0976. The fourth-order valence-corrected chi connectivity index (χ4v) is 6.65. The van der Waals surface area contributed by atoms with Crippen LogP contribution in [0.2, 0.25) is 0 Å². The number of carbonyl (C=O) groups is 1. The molecular formula is C30H26N4O3S3. The minimum Gasteiger partial charge on any atom is -0.493 e. The Morgan fingerprint density at radius 2 is 1.70 bits per heavy atom. The lowest BCUT2D eigenvalue weighted by Crippen LogP contribution is -2.19.